The van der Waals surface area contributed by atoms with Crippen LogP contribution in [0.15, 0.2) is 18.2 Å². The van der Waals surface area contributed by atoms with Gasteiger partial charge in [0.25, 0.3) is 5.24 Å². The van der Waals surface area contributed by atoms with Crippen molar-refractivity contribution in [2.24, 2.45) is 0 Å². The van der Waals surface area contributed by atoms with Crippen molar-refractivity contribution in [2.75, 3.05) is 0 Å². The number of carbonyl (C=O) groups is 1. The normalized spacial score (nSPS) is 9.08. The Balaban J connectivity index is 3.23. The van der Waals surface area contributed by atoms with E-state index >= 15 is 0 Å². The summed E-state index contributed by atoms with van der Waals surface area (Å²) in [5, 5.41) is -0.482. The van der Waals surface area contributed by atoms with Crippen LogP contribution in [0.4, 0.5) is 5.69 Å². The number of aryl methyl sites for hydroxylation is 1. The van der Waals surface area contributed by atoms with Crippen molar-refractivity contribution in [3.8, 4) is 0 Å². The molecule has 0 saturated heterocycles. The molecule has 0 aromatic heterocycles. The first-order valence-corrected chi connectivity index (χ1v) is 3.71. The van der Waals surface area contributed by atoms with E-state index in [1.54, 1.807) is 25.1 Å². The smallest absolute Gasteiger partial charge is 0.252 e. The van der Waals surface area contributed by atoms with Crippen LogP contribution in [0.1, 0.15) is 15.9 Å². The van der Waals surface area contributed by atoms with Crippen LogP contribution in [0.2, 0.25) is 0 Å². The van der Waals surface area contributed by atoms with Crippen molar-refractivity contribution in [1.29, 1.82) is 0 Å². The highest BCUT2D eigenvalue weighted by molar-refractivity contribution is 6.67. The summed E-state index contributed by atoms with van der Waals surface area (Å²) in [7, 11) is 0. The number of hydrogen-bond donors (Lipinski definition) is 0. The molecule has 0 aliphatic carbocycles. The maximum atomic E-state index is 10.8. The Hall–Kier alpha value is -1.33. The summed E-state index contributed by atoms with van der Waals surface area (Å²) in [4.78, 5) is 14.0. The van der Waals surface area contributed by atoms with Crippen molar-refractivity contribution in [1.82, 2.24) is 0 Å². The van der Waals surface area contributed by atoms with Gasteiger partial charge >= 0.3 is 0 Å². The Bertz CT molecular complexity index is 365. The van der Waals surface area contributed by atoms with E-state index in [9.17, 15) is 4.79 Å². The Morgan fingerprint density at radius 3 is 2.67 bits per heavy atom. The van der Waals surface area contributed by atoms with Crippen molar-refractivity contribution in [3.63, 3.8) is 0 Å². The molecule has 3 heteroatoms. The maximum Gasteiger partial charge on any atom is 0.252 e. The van der Waals surface area contributed by atoms with Gasteiger partial charge in [-0.25, -0.2) is 4.85 Å². The lowest BCUT2D eigenvalue weighted by Gasteiger charge is -1.99. The van der Waals surface area contributed by atoms with Crippen LogP contribution in [0.3, 0.4) is 0 Å². The van der Waals surface area contributed by atoms with Gasteiger partial charge in [-0.1, -0.05) is 18.2 Å². The Kier molecular flexibility index (Phi) is 2.47. The Morgan fingerprint density at radius 2 is 2.25 bits per heavy atom. The molecule has 0 N–H and O–H groups in total. The minimum absolute atomic E-state index is 0.462. The molecule has 2 nitrogen and oxygen atoms in total. The van der Waals surface area contributed by atoms with Crippen LogP contribution in [-0.4, -0.2) is 5.24 Å². The first-order valence-electron chi connectivity index (χ1n) is 3.33. The molecular formula is C9H6ClNO. The quantitative estimate of drug-likeness (QED) is 0.480. The Morgan fingerprint density at radius 1 is 1.58 bits per heavy atom. The SMILES string of the molecule is [C-]#[N+]c1ccc(C(=O)Cl)c(C)c1. The number of benzene rings is 1. The van der Waals surface area contributed by atoms with E-state index in [0.29, 0.717) is 11.3 Å². The lowest BCUT2D eigenvalue weighted by Crippen LogP contribution is -1.91. The molecule has 1 rings (SSSR count). The molecule has 0 aliphatic rings. The third-order valence-corrected chi connectivity index (χ3v) is 1.75. The number of hydrogen-bond acceptors (Lipinski definition) is 1. The highest BCUT2D eigenvalue weighted by atomic mass is 35.5. The zero-order chi connectivity index (χ0) is 9.14. The maximum absolute atomic E-state index is 10.8. The molecule has 0 saturated carbocycles. The lowest BCUT2D eigenvalue weighted by atomic mass is 10.1. The van der Waals surface area contributed by atoms with Gasteiger partial charge in [0.2, 0.25) is 0 Å². The topological polar surface area (TPSA) is 21.4 Å². The van der Waals surface area contributed by atoms with Gasteiger partial charge in [0.15, 0.2) is 5.69 Å². The highest BCUT2D eigenvalue weighted by Crippen LogP contribution is 2.18. The monoisotopic (exact) mass is 179 g/mol. The first-order chi connectivity index (χ1) is 5.65. The fourth-order valence-electron chi connectivity index (χ4n) is 0.938. The summed E-state index contributed by atoms with van der Waals surface area (Å²) < 4.78 is 0. The van der Waals surface area contributed by atoms with E-state index in [0.717, 1.165) is 5.56 Å². The average Bonchev–Trinajstić information content (AvgIpc) is 2.03. The number of carbonyl (C=O) groups excluding carboxylic acids is 1. The lowest BCUT2D eigenvalue weighted by molar-refractivity contribution is 0.108. The summed E-state index contributed by atoms with van der Waals surface area (Å²) in [6.07, 6.45) is 0. The van der Waals surface area contributed by atoms with Crippen LogP contribution < -0.4 is 0 Å². The van der Waals surface area contributed by atoms with Gasteiger partial charge in [-0.15, -0.1) is 0 Å². The van der Waals surface area contributed by atoms with Crippen LogP contribution in [0.25, 0.3) is 4.85 Å². The summed E-state index contributed by atoms with van der Waals surface area (Å²) >= 11 is 5.29. The van der Waals surface area contributed by atoms with Crippen LogP contribution >= 0.6 is 11.6 Å². The van der Waals surface area contributed by atoms with E-state index < -0.39 is 5.24 Å². The van der Waals surface area contributed by atoms with E-state index in [-0.39, 0.29) is 0 Å². The number of halogens is 1. The molecule has 0 amide bonds. The molecule has 0 atom stereocenters. The van der Waals surface area contributed by atoms with Crippen LogP contribution in [-0.2, 0) is 0 Å². The molecule has 0 radical (unpaired) electrons. The molecule has 60 valence electrons. The predicted octanol–water partition coefficient (Wildman–Crippen LogP) is 2.92. The van der Waals surface area contributed by atoms with E-state index in [1.807, 2.05) is 0 Å². The highest BCUT2D eigenvalue weighted by Gasteiger charge is 2.05. The van der Waals surface area contributed by atoms with E-state index in [4.69, 9.17) is 18.2 Å². The third-order valence-electron chi connectivity index (χ3n) is 1.55. The van der Waals surface area contributed by atoms with Crippen molar-refractivity contribution >= 4 is 22.5 Å². The summed E-state index contributed by atoms with van der Waals surface area (Å²) in [5.41, 5.74) is 1.72. The molecule has 0 unspecified atom stereocenters. The minimum Gasteiger partial charge on any atom is -0.276 e. The molecule has 0 spiro atoms. The van der Waals surface area contributed by atoms with Gasteiger partial charge in [0.05, 0.1) is 6.57 Å². The van der Waals surface area contributed by atoms with Crippen LogP contribution in [0.5, 0.6) is 0 Å². The zero-order valence-corrected chi connectivity index (χ0v) is 7.22. The molecule has 0 heterocycles. The van der Waals surface area contributed by atoms with Gasteiger partial charge in [-0.2, -0.15) is 0 Å². The van der Waals surface area contributed by atoms with Crippen molar-refractivity contribution < 1.29 is 4.79 Å². The van der Waals surface area contributed by atoms with E-state index in [2.05, 4.69) is 4.85 Å². The zero-order valence-electron chi connectivity index (χ0n) is 6.47. The average molecular weight is 180 g/mol. The summed E-state index contributed by atoms with van der Waals surface area (Å²) in [6, 6.07) is 4.79. The minimum atomic E-state index is -0.482. The molecule has 0 aliphatic heterocycles. The molecule has 0 fully saturated rings. The van der Waals surface area contributed by atoms with Gasteiger partial charge in [0, 0.05) is 5.56 Å². The standard InChI is InChI=1S/C9H6ClNO/c1-6-5-7(11-2)3-4-8(6)9(10)12/h3-5H,1H3. The first kappa shape index (κ1) is 8.76. The van der Waals surface area contributed by atoms with Gasteiger partial charge in [0.1, 0.15) is 0 Å². The second-order valence-corrected chi connectivity index (χ2v) is 2.73. The second-order valence-electron chi connectivity index (χ2n) is 2.38. The molecular weight excluding hydrogens is 174 g/mol. The van der Waals surface area contributed by atoms with Crippen molar-refractivity contribution in [2.45, 2.75) is 6.92 Å². The largest absolute Gasteiger partial charge is 0.276 e. The second kappa shape index (κ2) is 3.38. The fraction of sp³-hybridized carbons (Fsp3) is 0.111. The number of rotatable bonds is 1. The van der Waals surface area contributed by atoms with Gasteiger partial charge < -0.3 is 0 Å². The molecule has 1 aromatic carbocycles. The van der Waals surface area contributed by atoms with E-state index in [1.165, 1.54) is 0 Å². The van der Waals surface area contributed by atoms with Crippen LogP contribution in [0, 0.1) is 13.5 Å². The molecule has 1 aromatic rings. The van der Waals surface area contributed by atoms with Crippen molar-refractivity contribution in [3.05, 3.63) is 40.7 Å². The fourth-order valence-corrected chi connectivity index (χ4v) is 1.15. The third kappa shape index (κ3) is 1.63. The summed E-state index contributed by atoms with van der Waals surface area (Å²) in [5.74, 6) is 0. The summed E-state index contributed by atoms with van der Waals surface area (Å²) in [6.45, 7) is 8.48. The van der Waals surface area contributed by atoms with Gasteiger partial charge in [-0.3, -0.25) is 4.79 Å². The molecule has 0 bridgehead atoms. The Labute approximate surface area is 75.6 Å². The molecule has 12 heavy (non-hydrogen) atoms. The van der Waals surface area contributed by atoms with Gasteiger partial charge in [-0.05, 0) is 24.1 Å². The predicted molar refractivity (Wildman–Crippen MR) is 47.6 cm³/mol. The number of nitrogens with zero attached hydrogens (tertiary/aromatic N) is 1.